The lowest BCUT2D eigenvalue weighted by Gasteiger charge is -2.13. The zero-order chi connectivity index (χ0) is 14.4. The van der Waals surface area contributed by atoms with Gasteiger partial charge in [-0.3, -0.25) is 0 Å². The lowest BCUT2D eigenvalue weighted by molar-refractivity contribution is 0.301. The molecular weight excluding hydrogens is 250 g/mol. The van der Waals surface area contributed by atoms with Crippen LogP contribution in [-0.2, 0) is 13.0 Å². The van der Waals surface area contributed by atoms with E-state index in [0.29, 0.717) is 18.8 Å². The van der Waals surface area contributed by atoms with Crippen LogP contribution < -0.4 is 9.47 Å². The summed E-state index contributed by atoms with van der Waals surface area (Å²) in [7, 11) is 1.61. The zero-order valence-corrected chi connectivity index (χ0v) is 11.7. The quantitative estimate of drug-likeness (QED) is 0.830. The standard InChI is InChI=1S/C17H17NO2/c1-13-15(8-9-18)10-16(19-2)11-17(13)20-12-14-6-4-3-5-7-14/h3-7,10-11H,8,12H2,1-2H3. The first-order valence-electron chi connectivity index (χ1n) is 6.45. The summed E-state index contributed by atoms with van der Waals surface area (Å²) in [5, 5.41) is 8.87. The van der Waals surface area contributed by atoms with Crippen molar-refractivity contribution >= 4 is 0 Å². The highest BCUT2D eigenvalue weighted by atomic mass is 16.5. The van der Waals surface area contributed by atoms with Crippen molar-refractivity contribution in [3.8, 4) is 17.6 Å². The first-order valence-corrected chi connectivity index (χ1v) is 6.45. The van der Waals surface area contributed by atoms with E-state index in [1.54, 1.807) is 7.11 Å². The molecule has 3 nitrogen and oxygen atoms in total. The van der Waals surface area contributed by atoms with Crippen LogP contribution in [0.5, 0.6) is 11.5 Å². The second-order valence-corrected chi connectivity index (χ2v) is 4.52. The van der Waals surface area contributed by atoms with Gasteiger partial charge in [0.2, 0.25) is 0 Å². The van der Waals surface area contributed by atoms with E-state index >= 15 is 0 Å². The van der Waals surface area contributed by atoms with Gasteiger partial charge < -0.3 is 9.47 Å². The van der Waals surface area contributed by atoms with E-state index in [1.165, 1.54) is 0 Å². The lowest BCUT2D eigenvalue weighted by atomic mass is 10.0. The molecule has 0 aliphatic heterocycles. The van der Waals surface area contributed by atoms with Gasteiger partial charge in [-0.2, -0.15) is 5.26 Å². The van der Waals surface area contributed by atoms with Crippen LogP contribution in [0.4, 0.5) is 0 Å². The summed E-state index contributed by atoms with van der Waals surface area (Å²) in [4.78, 5) is 0. The molecule has 102 valence electrons. The number of rotatable bonds is 5. The van der Waals surface area contributed by atoms with E-state index in [0.717, 1.165) is 22.4 Å². The Balaban J connectivity index is 2.22. The highest BCUT2D eigenvalue weighted by Gasteiger charge is 2.09. The van der Waals surface area contributed by atoms with Gasteiger partial charge in [-0.05, 0) is 29.7 Å². The van der Waals surface area contributed by atoms with Crippen LogP contribution >= 0.6 is 0 Å². The van der Waals surface area contributed by atoms with Crippen LogP contribution in [0.3, 0.4) is 0 Å². The fourth-order valence-corrected chi connectivity index (χ4v) is 1.99. The Morgan fingerprint density at radius 3 is 2.55 bits per heavy atom. The summed E-state index contributed by atoms with van der Waals surface area (Å²) >= 11 is 0. The molecule has 20 heavy (non-hydrogen) atoms. The summed E-state index contributed by atoms with van der Waals surface area (Å²) in [6.45, 7) is 2.47. The summed E-state index contributed by atoms with van der Waals surface area (Å²) in [5.41, 5.74) is 3.04. The molecule has 0 aliphatic rings. The van der Waals surface area contributed by atoms with Crippen LogP contribution in [0.25, 0.3) is 0 Å². The van der Waals surface area contributed by atoms with E-state index in [-0.39, 0.29) is 0 Å². The molecule has 2 rings (SSSR count). The third-order valence-electron chi connectivity index (χ3n) is 3.18. The fourth-order valence-electron chi connectivity index (χ4n) is 1.99. The van der Waals surface area contributed by atoms with Crippen molar-refractivity contribution in [2.24, 2.45) is 0 Å². The van der Waals surface area contributed by atoms with Gasteiger partial charge >= 0.3 is 0 Å². The van der Waals surface area contributed by atoms with Gasteiger partial charge in [0.05, 0.1) is 19.6 Å². The van der Waals surface area contributed by atoms with Crippen molar-refractivity contribution in [1.82, 2.24) is 0 Å². The monoisotopic (exact) mass is 267 g/mol. The van der Waals surface area contributed by atoms with Gasteiger partial charge in [-0.1, -0.05) is 30.3 Å². The predicted octanol–water partition coefficient (Wildman–Crippen LogP) is 3.65. The van der Waals surface area contributed by atoms with Crippen molar-refractivity contribution < 1.29 is 9.47 Å². The molecule has 0 heterocycles. The van der Waals surface area contributed by atoms with Crippen molar-refractivity contribution in [1.29, 1.82) is 5.26 Å². The molecule has 0 aliphatic carbocycles. The number of methoxy groups -OCH3 is 1. The van der Waals surface area contributed by atoms with Crippen molar-refractivity contribution in [3.05, 3.63) is 59.2 Å². The molecule has 0 radical (unpaired) electrons. The molecule has 0 unspecified atom stereocenters. The number of benzene rings is 2. The maximum Gasteiger partial charge on any atom is 0.126 e. The summed E-state index contributed by atoms with van der Waals surface area (Å²) < 4.78 is 11.1. The number of hydrogen-bond acceptors (Lipinski definition) is 3. The van der Waals surface area contributed by atoms with Crippen molar-refractivity contribution in [2.45, 2.75) is 20.0 Å². The van der Waals surface area contributed by atoms with Gasteiger partial charge in [0.25, 0.3) is 0 Å². The molecule has 2 aromatic rings. The topological polar surface area (TPSA) is 42.2 Å². The fraction of sp³-hybridized carbons (Fsp3) is 0.235. The van der Waals surface area contributed by atoms with E-state index in [9.17, 15) is 0 Å². The van der Waals surface area contributed by atoms with E-state index < -0.39 is 0 Å². The average molecular weight is 267 g/mol. The Kier molecular flexibility index (Phi) is 4.62. The number of ether oxygens (including phenoxy) is 2. The number of nitrogens with zero attached hydrogens (tertiary/aromatic N) is 1. The largest absolute Gasteiger partial charge is 0.497 e. The zero-order valence-electron chi connectivity index (χ0n) is 11.7. The van der Waals surface area contributed by atoms with Crippen LogP contribution in [-0.4, -0.2) is 7.11 Å². The molecule has 0 bridgehead atoms. The van der Waals surface area contributed by atoms with Gasteiger partial charge in [0.1, 0.15) is 18.1 Å². The number of nitriles is 1. The molecule has 3 heteroatoms. The highest BCUT2D eigenvalue weighted by Crippen LogP contribution is 2.29. The predicted molar refractivity (Wildman–Crippen MR) is 77.8 cm³/mol. The second kappa shape index (κ2) is 6.63. The average Bonchev–Trinajstić information content (AvgIpc) is 2.49. The van der Waals surface area contributed by atoms with E-state index in [1.807, 2.05) is 49.4 Å². The van der Waals surface area contributed by atoms with Crippen LogP contribution in [0.1, 0.15) is 16.7 Å². The third-order valence-corrected chi connectivity index (χ3v) is 3.18. The molecule has 0 spiro atoms. The Morgan fingerprint density at radius 1 is 1.15 bits per heavy atom. The normalized spacial score (nSPS) is 9.85. The van der Waals surface area contributed by atoms with Crippen LogP contribution in [0.15, 0.2) is 42.5 Å². The molecule has 0 atom stereocenters. The number of hydrogen-bond donors (Lipinski definition) is 0. The molecule has 0 saturated carbocycles. The molecule has 0 amide bonds. The Morgan fingerprint density at radius 2 is 1.90 bits per heavy atom. The first kappa shape index (κ1) is 14.0. The lowest BCUT2D eigenvalue weighted by Crippen LogP contribution is -2.00. The minimum absolute atomic E-state index is 0.352. The van der Waals surface area contributed by atoms with Gasteiger partial charge in [-0.25, -0.2) is 0 Å². The van der Waals surface area contributed by atoms with E-state index in [4.69, 9.17) is 14.7 Å². The molecule has 0 fully saturated rings. The summed E-state index contributed by atoms with van der Waals surface area (Å²) in [6.07, 6.45) is 0.352. The Hall–Kier alpha value is -2.47. The molecule has 0 aromatic heterocycles. The smallest absolute Gasteiger partial charge is 0.126 e. The minimum atomic E-state index is 0.352. The highest BCUT2D eigenvalue weighted by molar-refractivity contribution is 5.47. The summed E-state index contributed by atoms with van der Waals surface area (Å²) in [5.74, 6) is 1.47. The maximum atomic E-state index is 8.87. The SMILES string of the molecule is COc1cc(CC#N)c(C)c(OCc2ccccc2)c1. The molecule has 0 N–H and O–H groups in total. The summed E-state index contributed by atoms with van der Waals surface area (Å²) in [6, 6.07) is 15.9. The van der Waals surface area contributed by atoms with Gasteiger partial charge in [0.15, 0.2) is 0 Å². The molecular formula is C17H17NO2. The Labute approximate surface area is 119 Å². The van der Waals surface area contributed by atoms with Gasteiger partial charge in [-0.15, -0.1) is 0 Å². The van der Waals surface area contributed by atoms with Crippen LogP contribution in [0.2, 0.25) is 0 Å². The second-order valence-electron chi connectivity index (χ2n) is 4.52. The third kappa shape index (κ3) is 3.30. The Bertz CT molecular complexity index is 615. The first-order chi connectivity index (χ1) is 9.74. The minimum Gasteiger partial charge on any atom is -0.497 e. The van der Waals surface area contributed by atoms with Gasteiger partial charge in [0, 0.05) is 6.07 Å². The van der Waals surface area contributed by atoms with Crippen LogP contribution in [0, 0.1) is 18.3 Å². The molecule has 0 saturated heterocycles. The van der Waals surface area contributed by atoms with E-state index in [2.05, 4.69) is 6.07 Å². The van der Waals surface area contributed by atoms with Crippen molar-refractivity contribution in [3.63, 3.8) is 0 Å². The van der Waals surface area contributed by atoms with Crippen molar-refractivity contribution in [2.75, 3.05) is 7.11 Å². The molecule has 2 aromatic carbocycles. The maximum absolute atomic E-state index is 8.87.